The Morgan fingerprint density at radius 2 is 1.80 bits per heavy atom. The Morgan fingerprint density at radius 1 is 1.15 bits per heavy atom. The predicted octanol–water partition coefficient (Wildman–Crippen LogP) is 3.05. The van der Waals surface area contributed by atoms with E-state index in [0.29, 0.717) is 5.92 Å². The first-order valence-corrected chi connectivity index (χ1v) is 6.98. The number of hydrogen-bond acceptors (Lipinski definition) is 2. The van der Waals surface area contributed by atoms with Crippen molar-refractivity contribution in [3.05, 3.63) is 70.5 Å². The number of aryl methyl sites for hydroxylation is 1. The molecule has 1 atom stereocenters. The zero-order valence-corrected chi connectivity index (χ0v) is 11.6. The van der Waals surface area contributed by atoms with Crippen molar-refractivity contribution >= 4 is 0 Å². The van der Waals surface area contributed by atoms with E-state index in [4.69, 9.17) is 5.84 Å². The monoisotopic (exact) mass is 270 g/mol. The Bertz CT molecular complexity index is 599. The molecule has 0 fully saturated rings. The van der Waals surface area contributed by atoms with Crippen LogP contribution in [-0.4, -0.2) is 0 Å². The van der Waals surface area contributed by atoms with E-state index in [0.717, 1.165) is 24.0 Å². The van der Waals surface area contributed by atoms with E-state index in [1.807, 2.05) is 13.0 Å². The van der Waals surface area contributed by atoms with Crippen LogP contribution in [0.3, 0.4) is 0 Å². The molecule has 0 heterocycles. The largest absolute Gasteiger partial charge is 0.271 e. The number of hydrazine groups is 1. The molecular weight excluding hydrogens is 251 g/mol. The fraction of sp³-hybridized carbons (Fsp3) is 0.294. The summed E-state index contributed by atoms with van der Waals surface area (Å²) in [5.74, 6) is 5.93. The maximum Gasteiger partial charge on any atom is 0.123 e. The van der Waals surface area contributed by atoms with Crippen LogP contribution in [0.2, 0.25) is 0 Å². The average Bonchev–Trinajstić information content (AvgIpc) is 2.87. The van der Waals surface area contributed by atoms with Crippen molar-refractivity contribution in [3.63, 3.8) is 0 Å². The molecule has 1 unspecified atom stereocenters. The highest BCUT2D eigenvalue weighted by Gasteiger charge is 2.29. The molecule has 0 amide bonds. The molecule has 0 saturated heterocycles. The first-order chi connectivity index (χ1) is 9.69. The maximum absolute atomic E-state index is 13.5. The first kappa shape index (κ1) is 13.3. The van der Waals surface area contributed by atoms with Gasteiger partial charge in [0, 0.05) is 6.04 Å². The van der Waals surface area contributed by atoms with Crippen molar-refractivity contribution in [2.24, 2.45) is 11.8 Å². The van der Waals surface area contributed by atoms with E-state index in [1.165, 1.54) is 17.2 Å². The highest BCUT2D eigenvalue weighted by molar-refractivity contribution is 5.36. The second-order valence-electron chi connectivity index (χ2n) is 5.58. The standard InChI is InChI=1S/C17H19FN2/c1-11-6-7-15(18)10-16(11)17(20-19)14-8-12-4-2-3-5-13(12)9-14/h2-7,10,14,17,20H,8-9,19H2,1H3. The molecule has 0 radical (unpaired) electrons. The normalized spacial score (nSPS) is 16.1. The molecule has 0 bridgehead atoms. The van der Waals surface area contributed by atoms with E-state index in [9.17, 15) is 4.39 Å². The summed E-state index contributed by atoms with van der Waals surface area (Å²) in [6, 6.07) is 13.4. The molecule has 3 N–H and O–H groups in total. The van der Waals surface area contributed by atoms with E-state index in [-0.39, 0.29) is 11.9 Å². The quantitative estimate of drug-likeness (QED) is 0.664. The van der Waals surface area contributed by atoms with E-state index in [2.05, 4.69) is 29.7 Å². The van der Waals surface area contributed by atoms with Crippen LogP contribution in [0.4, 0.5) is 4.39 Å². The zero-order valence-electron chi connectivity index (χ0n) is 11.6. The summed E-state index contributed by atoms with van der Waals surface area (Å²) in [6.45, 7) is 2.00. The van der Waals surface area contributed by atoms with Crippen molar-refractivity contribution in [1.82, 2.24) is 5.43 Å². The number of halogens is 1. The van der Waals surface area contributed by atoms with Crippen LogP contribution < -0.4 is 11.3 Å². The van der Waals surface area contributed by atoms with Crippen LogP contribution >= 0.6 is 0 Å². The molecular formula is C17H19FN2. The second kappa shape index (κ2) is 5.35. The van der Waals surface area contributed by atoms with Crippen LogP contribution in [-0.2, 0) is 12.8 Å². The third-order valence-corrected chi connectivity index (χ3v) is 4.31. The van der Waals surface area contributed by atoms with E-state index < -0.39 is 0 Å². The molecule has 0 spiro atoms. The van der Waals surface area contributed by atoms with E-state index >= 15 is 0 Å². The smallest absolute Gasteiger partial charge is 0.123 e. The van der Waals surface area contributed by atoms with Gasteiger partial charge in [0.15, 0.2) is 0 Å². The van der Waals surface area contributed by atoms with Gasteiger partial charge >= 0.3 is 0 Å². The highest BCUT2D eigenvalue weighted by Crippen LogP contribution is 2.36. The van der Waals surface area contributed by atoms with Crippen LogP contribution in [0.1, 0.15) is 28.3 Å². The Kier molecular flexibility index (Phi) is 3.55. The Morgan fingerprint density at radius 3 is 2.40 bits per heavy atom. The Balaban J connectivity index is 1.91. The van der Waals surface area contributed by atoms with Gasteiger partial charge in [0.1, 0.15) is 5.82 Å². The molecule has 0 aromatic heterocycles. The van der Waals surface area contributed by atoms with Gasteiger partial charge in [0.2, 0.25) is 0 Å². The zero-order chi connectivity index (χ0) is 14.1. The molecule has 2 aromatic rings. The van der Waals surface area contributed by atoms with Crippen molar-refractivity contribution in [3.8, 4) is 0 Å². The highest BCUT2D eigenvalue weighted by atomic mass is 19.1. The van der Waals surface area contributed by atoms with Gasteiger partial charge in [-0.3, -0.25) is 11.3 Å². The van der Waals surface area contributed by atoms with Crippen LogP contribution in [0.25, 0.3) is 0 Å². The molecule has 2 nitrogen and oxygen atoms in total. The fourth-order valence-electron chi connectivity index (χ4n) is 3.25. The minimum atomic E-state index is -0.207. The van der Waals surface area contributed by atoms with Gasteiger partial charge in [0.25, 0.3) is 0 Å². The average molecular weight is 270 g/mol. The molecule has 104 valence electrons. The molecule has 20 heavy (non-hydrogen) atoms. The lowest BCUT2D eigenvalue weighted by Crippen LogP contribution is -2.34. The van der Waals surface area contributed by atoms with Gasteiger partial charge in [-0.1, -0.05) is 30.3 Å². The predicted molar refractivity (Wildman–Crippen MR) is 78.5 cm³/mol. The SMILES string of the molecule is Cc1ccc(F)cc1C(NN)C1Cc2ccccc2C1. The molecule has 3 heteroatoms. The summed E-state index contributed by atoms with van der Waals surface area (Å²) >= 11 is 0. The number of nitrogens with one attached hydrogen (secondary N) is 1. The minimum absolute atomic E-state index is 0.0156. The summed E-state index contributed by atoms with van der Waals surface area (Å²) in [6.07, 6.45) is 1.97. The van der Waals surface area contributed by atoms with Crippen molar-refractivity contribution < 1.29 is 4.39 Å². The number of nitrogens with two attached hydrogens (primary N) is 1. The molecule has 1 aliphatic rings. The van der Waals surface area contributed by atoms with Crippen LogP contribution in [0.15, 0.2) is 42.5 Å². The lowest BCUT2D eigenvalue weighted by Gasteiger charge is -2.24. The molecule has 3 rings (SSSR count). The van der Waals surface area contributed by atoms with Crippen LogP contribution in [0.5, 0.6) is 0 Å². The van der Waals surface area contributed by atoms with Gasteiger partial charge in [-0.05, 0) is 60.1 Å². The summed E-state index contributed by atoms with van der Waals surface area (Å²) in [4.78, 5) is 0. The third kappa shape index (κ3) is 2.35. The summed E-state index contributed by atoms with van der Waals surface area (Å²) in [5.41, 5.74) is 7.70. The van der Waals surface area contributed by atoms with E-state index in [1.54, 1.807) is 6.07 Å². The second-order valence-corrected chi connectivity index (χ2v) is 5.58. The summed E-state index contributed by atoms with van der Waals surface area (Å²) < 4.78 is 13.5. The van der Waals surface area contributed by atoms with Crippen molar-refractivity contribution in [2.75, 3.05) is 0 Å². The fourth-order valence-corrected chi connectivity index (χ4v) is 3.25. The summed E-state index contributed by atoms with van der Waals surface area (Å²) in [7, 11) is 0. The number of fused-ring (bicyclic) bond motifs is 1. The topological polar surface area (TPSA) is 38.0 Å². The number of hydrogen-bond donors (Lipinski definition) is 2. The molecule has 1 aliphatic carbocycles. The number of rotatable bonds is 3. The molecule has 0 saturated carbocycles. The van der Waals surface area contributed by atoms with Crippen molar-refractivity contribution in [1.29, 1.82) is 0 Å². The van der Waals surface area contributed by atoms with Gasteiger partial charge in [0.05, 0.1) is 0 Å². The van der Waals surface area contributed by atoms with Gasteiger partial charge in [-0.2, -0.15) is 0 Å². The first-order valence-electron chi connectivity index (χ1n) is 6.98. The van der Waals surface area contributed by atoms with Crippen LogP contribution in [0, 0.1) is 18.7 Å². The molecule has 0 aliphatic heterocycles. The lowest BCUT2D eigenvalue weighted by molar-refractivity contribution is 0.377. The summed E-state index contributed by atoms with van der Waals surface area (Å²) in [5, 5.41) is 0. The van der Waals surface area contributed by atoms with Gasteiger partial charge < -0.3 is 0 Å². The molecule has 2 aromatic carbocycles. The number of benzene rings is 2. The minimum Gasteiger partial charge on any atom is -0.271 e. The van der Waals surface area contributed by atoms with Gasteiger partial charge in [-0.15, -0.1) is 0 Å². The Labute approximate surface area is 118 Å². The van der Waals surface area contributed by atoms with Crippen molar-refractivity contribution in [2.45, 2.75) is 25.8 Å². The Hall–Kier alpha value is -1.71. The maximum atomic E-state index is 13.5. The third-order valence-electron chi connectivity index (χ3n) is 4.31. The van der Waals surface area contributed by atoms with Gasteiger partial charge in [-0.25, -0.2) is 4.39 Å². The lowest BCUT2D eigenvalue weighted by atomic mass is 9.88.